The molecule has 3 heteroatoms. The molecule has 0 amide bonds. The van der Waals surface area contributed by atoms with Crippen LogP contribution in [-0.4, -0.2) is 39.4 Å². The molecule has 1 aliphatic rings. The van der Waals surface area contributed by atoms with Crippen LogP contribution in [-0.2, 0) is 4.74 Å². The van der Waals surface area contributed by atoms with Crippen LogP contribution in [0.3, 0.4) is 0 Å². The Kier molecular flexibility index (Phi) is 5.67. The maximum atomic E-state index is 6.21. The molecular weight excluding hydrogens is 418 g/mol. The van der Waals surface area contributed by atoms with Crippen molar-refractivity contribution in [1.29, 1.82) is 0 Å². The van der Waals surface area contributed by atoms with Gasteiger partial charge in [0.05, 0.1) is 0 Å². The molecule has 1 aromatic carbocycles. The van der Waals surface area contributed by atoms with E-state index in [1.807, 2.05) is 0 Å². The summed E-state index contributed by atoms with van der Waals surface area (Å²) in [4.78, 5) is 7.34. The first-order chi connectivity index (χ1) is 9.38. The molecule has 0 saturated heterocycles. The van der Waals surface area contributed by atoms with E-state index in [-0.39, 0.29) is 0 Å². The number of benzene rings is 1. The van der Waals surface area contributed by atoms with Crippen molar-refractivity contribution in [2.24, 2.45) is 11.8 Å². The summed E-state index contributed by atoms with van der Waals surface area (Å²) in [5, 5.41) is 1.30. The van der Waals surface area contributed by atoms with Crippen LogP contribution in [0.25, 0.3) is 0 Å². The molecule has 0 unspecified atom stereocenters. The Balaban J connectivity index is 2.08. The molecular formula is C17H26OSeSn. The van der Waals surface area contributed by atoms with E-state index in [1.165, 1.54) is 13.6 Å². The Bertz CT molecular complexity index is 464. The molecule has 0 saturated carbocycles. The summed E-state index contributed by atoms with van der Waals surface area (Å²) < 4.78 is 9.11. The van der Waals surface area contributed by atoms with Gasteiger partial charge in [0, 0.05) is 0 Å². The van der Waals surface area contributed by atoms with Crippen LogP contribution in [0.1, 0.15) is 13.8 Å². The first-order valence-corrected chi connectivity index (χ1v) is 19.5. The molecule has 0 aliphatic carbocycles. The standard InChI is InChI=1S/C14H17OSe.3CH3.Sn/c1-11-12(2)15-9-8-13(11)10-16-14-6-4-3-5-7-14;;;;/h3-8,11-13H,10H2,1-2H3;3*1H3;/t11-,12+,13-;;;;/m0..../s1. The van der Waals surface area contributed by atoms with E-state index < -0.39 is 18.4 Å². The molecule has 0 aromatic heterocycles. The summed E-state index contributed by atoms with van der Waals surface area (Å²) in [6, 6.07) is 10.9. The average Bonchev–Trinajstić information content (AvgIpc) is 2.40. The van der Waals surface area contributed by atoms with Crippen LogP contribution < -0.4 is 4.46 Å². The van der Waals surface area contributed by atoms with Gasteiger partial charge in [0.1, 0.15) is 0 Å². The second-order valence-electron chi connectivity index (χ2n) is 6.75. The fourth-order valence-corrected chi connectivity index (χ4v) is 8.33. The van der Waals surface area contributed by atoms with Crippen molar-refractivity contribution in [1.82, 2.24) is 0 Å². The first kappa shape index (κ1) is 16.4. The molecule has 0 N–H and O–H groups in total. The van der Waals surface area contributed by atoms with E-state index in [0.29, 0.717) is 32.9 Å². The van der Waals surface area contributed by atoms with E-state index in [1.54, 1.807) is 0 Å². The van der Waals surface area contributed by atoms with E-state index >= 15 is 0 Å². The molecule has 0 spiro atoms. The Morgan fingerprint density at radius 1 is 1.10 bits per heavy atom. The van der Waals surface area contributed by atoms with E-state index in [9.17, 15) is 0 Å². The van der Waals surface area contributed by atoms with Crippen LogP contribution in [0.5, 0.6) is 0 Å². The molecule has 1 aliphatic heterocycles. The Morgan fingerprint density at radius 2 is 1.75 bits per heavy atom. The topological polar surface area (TPSA) is 9.23 Å². The summed E-state index contributed by atoms with van der Waals surface area (Å²) >= 11 is -1.50. The van der Waals surface area contributed by atoms with Gasteiger partial charge in [-0.15, -0.1) is 0 Å². The predicted molar refractivity (Wildman–Crippen MR) is 91.3 cm³/mol. The van der Waals surface area contributed by atoms with E-state index in [2.05, 4.69) is 65.1 Å². The molecule has 0 bridgehead atoms. The molecule has 1 aromatic rings. The number of allylic oxidation sites excluding steroid dienone is 1. The minimum absolute atomic E-state index is 0.377. The zero-order chi connectivity index (χ0) is 14.8. The Hall–Kier alpha value is 0.0782. The van der Waals surface area contributed by atoms with E-state index in [4.69, 9.17) is 4.74 Å². The van der Waals surface area contributed by atoms with Gasteiger partial charge in [0.15, 0.2) is 0 Å². The minimum atomic E-state index is -2.07. The van der Waals surface area contributed by atoms with Gasteiger partial charge in [0.25, 0.3) is 0 Å². The van der Waals surface area contributed by atoms with Crippen LogP contribution >= 0.6 is 0 Å². The number of rotatable bonds is 4. The van der Waals surface area contributed by atoms with Crippen molar-refractivity contribution in [2.45, 2.75) is 40.1 Å². The van der Waals surface area contributed by atoms with Crippen molar-refractivity contribution in [3.05, 3.63) is 40.2 Å². The second kappa shape index (κ2) is 6.89. The van der Waals surface area contributed by atoms with E-state index in [0.717, 1.165) is 0 Å². The van der Waals surface area contributed by atoms with Crippen LogP contribution in [0.4, 0.5) is 0 Å². The predicted octanol–water partition coefficient (Wildman–Crippen LogP) is 3.87. The first-order valence-electron chi connectivity index (χ1n) is 7.44. The van der Waals surface area contributed by atoms with Gasteiger partial charge in [-0.2, -0.15) is 0 Å². The van der Waals surface area contributed by atoms with Crippen LogP contribution in [0, 0.1) is 11.8 Å². The number of hydrogen-bond acceptors (Lipinski definition) is 1. The third kappa shape index (κ3) is 4.29. The van der Waals surface area contributed by atoms with Gasteiger partial charge in [-0.05, 0) is 0 Å². The molecule has 1 nitrogen and oxygen atoms in total. The monoisotopic (exact) mass is 446 g/mol. The molecule has 0 fully saturated rings. The zero-order valence-electron chi connectivity index (χ0n) is 13.2. The molecule has 20 heavy (non-hydrogen) atoms. The molecule has 3 atom stereocenters. The van der Waals surface area contributed by atoms with Gasteiger partial charge in [-0.25, -0.2) is 0 Å². The molecule has 0 radical (unpaired) electrons. The van der Waals surface area contributed by atoms with Gasteiger partial charge >= 0.3 is 135 Å². The second-order valence-corrected chi connectivity index (χ2v) is 23.3. The SMILES string of the molecule is C[C@@H]1[C@H](C[Se]c2ccccc2)C=[C]([Sn]([CH3])([CH3])[CH3])O[C@@H]1C. The summed E-state index contributed by atoms with van der Waals surface area (Å²) in [6.45, 7) is 4.60. The third-order valence-corrected chi connectivity index (χ3v) is 11.5. The van der Waals surface area contributed by atoms with Crippen molar-refractivity contribution in [3.63, 3.8) is 0 Å². The Labute approximate surface area is 134 Å². The normalized spacial score (nSPS) is 26.9. The van der Waals surface area contributed by atoms with Crippen LogP contribution in [0.2, 0.25) is 20.1 Å². The van der Waals surface area contributed by atoms with Crippen molar-refractivity contribution in [3.8, 4) is 0 Å². The third-order valence-electron chi connectivity index (χ3n) is 4.02. The number of hydrogen-bond donors (Lipinski definition) is 0. The van der Waals surface area contributed by atoms with Gasteiger partial charge < -0.3 is 0 Å². The van der Waals surface area contributed by atoms with Crippen molar-refractivity contribution in [2.75, 3.05) is 0 Å². The van der Waals surface area contributed by atoms with Crippen molar-refractivity contribution >= 4 is 37.8 Å². The number of ether oxygens (including phenoxy) is 1. The van der Waals surface area contributed by atoms with Gasteiger partial charge in [-0.1, -0.05) is 0 Å². The molecule has 2 rings (SSSR count). The zero-order valence-corrected chi connectivity index (χ0v) is 17.8. The van der Waals surface area contributed by atoms with Crippen molar-refractivity contribution < 1.29 is 4.74 Å². The summed E-state index contributed by atoms with van der Waals surface area (Å²) in [7, 11) is 0. The van der Waals surface area contributed by atoms with Gasteiger partial charge in [0.2, 0.25) is 0 Å². The fraction of sp³-hybridized carbons (Fsp3) is 0.529. The summed E-state index contributed by atoms with van der Waals surface area (Å²) in [6.07, 6.45) is 2.87. The quantitative estimate of drug-likeness (QED) is 0.642. The maximum absolute atomic E-state index is 6.21. The van der Waals surface area contributed by atoms with Crippen LogP contribution in [0.15, 0.2) is 40.2 Å². The van der Waals surface area contributed by atoms with Gasteiger partial charge in [-0.3, -0.25) is 0 Å². The Morgan fingerprint density at radius 3 is 2.35 bits per heavy atom. The summed E-state index contributed by atoms with van der Waals surface area (Å²) in [5.74, 6) is 1.34. The summed E-state index contributed by atoms with van der Waals surface area (Å²) in [5.41, 5.74) is 0. The average molecular weight is 444 g/mol. The fourth-order valence-electron chi connectivity index (χ4n) is 2.38. The molecule has 110 valence electrons. The molecule has 1 heterocycles.